The molecule has 0 N–H and O–H groups in total. The van der Waals surface area contributed by atoms with E-state index in [2.05, 4.69) is 38.8 Å². The standard InChI is InChI=1S/C14H23NO3Si/c1-11(18-19(5,6)14(2,3)4)17-13(16)12-8-7-9-15-10-12/h7-11H,1-6H3. The molecular formula is C14H23NO3Si. The molecule has 19 heavy (non-hydrogen) atoms. The molecule has 1 heterocycles. The molecule has 0 fully saturated rings. The van der Waals surface area contributed by atoms with E-state index in [0.717, 1.165) is 0 Å². The summed E-state index contributed by atoms with van der Waals surface area (Å²) in [5.74, 6) is -0.403. The summed E-state index contributed by atoms with van der Waals surface area (Å²) in [6.45, 7) is 12.5. The first kappa shape index (κ1) is 15.9. The minimum Gasteiger partial charge on any atom is -0.433 e. The van der Waals surface area contributed by atoms with Crippen molar-refractivity contribution in [2.45, 2.75) is 52.1 Å². The van der Waals surface area contributed by atoms with Crippen LogP contribution in [0.3, 0.4) is 0 Å². The molecule has 0 spiro atoms. The minimum absolute atomic E-state index is 0.0853. The van der Waals surface area contributed by atoms with Crippen molar-refractivity contribution in [2.24, 2.45) is 0 Å². The van der Waals surface area contributed by atoms with Crippen molar-refractivity contribution in [3.8, 4) is 0 Å². The first-order valence-electron chi connectivity index (χ1n) is 6.42. The van der Waals surface area contributed by atoms with Gasteiger partial charge >= 0.3 is 5.97 Å². The molecule has 1 rings (SSSR count). The van der Waals surface area contributed by atoms with Crippen molar-refractivity contribution in [3.05, 3.63) is 30.1 Å². The van der Waals surface area contributed by atoms with Crippen LogP contribution in [0.4, 0.5) is 0 Å². The summed E-state index contributed by atoms with van der Waals surface area (Å²) >= 11 is 0. The Bertz CT molecular complexity index is 426. The number of ether oxygens (including phenoxy) is 1. The van der Waals surface area contributed by atoms with Gasteiger partial charge in [-0.1, -0.05) is 20.8 Å². The lowest BCUT2D eigenvalue weighted by atomic mass is 10.2. The fraction of sp³-hybridized carbons (Fsp3) is 0.571. The molecule has 1 aromatic rings. The molecule has 4 nitrogen and oxygen atoms in total. The third-order valence-corrected chi connectivity index (χ3v) is 7.97. The molecule has 106 valence electrons. The SMILES string of the molecule is CC(OC(=O)c1cccnc1)O[Si](C)(C)C(C)(C)C. The Kier molecular flexibility index (Phi) is 4.87. The highest BCUT2D eigenvalue weighted by Crippen LogP contribution is 2.37. The third kappa shape index (κ3) is 4.43. The molecular weight excluding hydrogens is 258 g/mol. The average molecular weight is 281 g/mol. The van der Waals surface area contributed by atoms with Gasteiger partial charge in [-0.25, -0.2) is 4.79 Å². The molecule has 0 aliphatic heterocycles. The number of pyridine rings is 1. The maximum atomic E-state index is 11.9. The van der Waals surface area contributed by atoms with Crippen LogP contribution in [0.2, 0.25) is 18.1 Å². The van der Waals surface area contributed by atoms with Crippen molar-refractivity contribution in [3.63, 3.8) is 0 Å². The van der Waals surface area contributed by atoms with Crippen molar-refractivity contribution in [2.75, 3.05) is 0 Å². The lowest BCUT2D eigenvalue weighted by Gasteiger charge is -2.37. The number of esters is 1. The van der Waals surface area contributed by atoms with E-state index in [0.29, 0.717) is 5.56 Å². The van der Waals surface area contributed by atoms with Gasteiger partial charge in [0.15, 0.2) is 14.6 Å². The minimum atomic E-state index is -1.93. The van der Waals surface area contributed by atoms with Gasteiger partial charge in [-0.2, -0.15) is 0 Å². The average Bonchev–Trinajstić information content (AvgIpc) is 2.27. The lowest BCUT2D eigenvalue weighted by molar-refractivity contribution is -0.0442. The number of carbonyl (C=O) groups excluding carboxylic acids is 1. The highest BCUT2D eigenvalue weighted by molar-refractivity contribution is 6.74. The van der Waals surface area contributed by atoms with E-state index in [1.54, 1.807) is 25.3 Å². The zero-order valence-corrected chi connectivity index (χ0v) is 13.6. The molecule has 0 saturated carbocycles. The van der Waals surface area contributed by atoms with Crippen LogP contribution in [-0.2, 0) is 9.16 Å². The number of nitrogens with zero attached hydrogens (tertiary/aromatic N) is 1. The fourth-order valence-corrected chi connectivity index (χ4v) is 2.55. The molecule has 0 aliphatic carbocycles. The second-order valence-corrected chi connectivity index (χ2v) is 10.8. The Balaban J connectivity index is 2.62. The zero-order valence-electron chi connectivity index (χ0n) is 12.6. The Hall–Kier alpha value is -1.20. The topological polar surface area (TPSA) is 48.4 Å². The summed E-state index contributed by atoms with van der Waals surface area (Å²) in [4.78, 5) is 15.8. The fourth-order valence-electron chi connectivity index (χ4n) is 1.32. The van der Waals surface area contributed by atoms with Gasteiger partial charge in [0.25, 0.3) is 0 Å². The van der Waals surface area contributed by atoms with Gasteiger partial charge in [0.2, 0.25) is 0 Å². The van der Waals surface area contributed by atoms with E-state index in [4.69, 9.17) is 9.16 Å². The molecule has 0 saturated heterocycles. The number of carbonyl (C=O) groups is 1. The highest BCUT2D eigenvalue weighted by atomic mass is 28.4. The largest absolute Gasteiger partial charge is 0.433 e. The predicted octanol–water partition coefficient (Wildman–Crippen LogP) is 3.61. The zero-order chi connectivity index (χ0) is 14.7. The first-order valence-corrected chi connectivity index (χ1v) is 9.33. The number of aromatic nitrogens is 1. The Labute approximate surface area is 116 Å². The molecule has 0 radical (unpaired) electrons. The van der Waals surface area contributed by atoms with Gasteiger partial charge in [0.05, 0.1) is 5.56 Å². The van der Waals surface area contributed by atoms with Crippen LogP contribution in [0.25, 0.3) is 0 Å². The summed E-state index contributed by atoms with van der Waals surface area (Å²) in [7, 11) is -1.93. The number of hydrogen-bond acceptors (Lipinski definition) is 4. The summed E-state index contributed by atoms with van der Waals surface area (Å²) < 4.78 is 11.3. The smallest absolute Gasteiger partial charge is 0.341 e. The van der Waals surface area contributed by atoms with Crippen LogP contribution in [0.5, 0.6) is 0 Å². The van der Waals surface area contributed by atoms with Crippen LogP contribution in [-0.4, -0.2) is 25.6 Å². The van der Waals surface area contributed by atoms with Crippen LogP contribution in [0.1, 0.15) is 38.1 Å². The maximum absolute atomic E-state index is 11.9. The van der Waals surface area contributed by atoms with Gasteiger partial charge in [0.1, 0.15) is 0 Å². The Morgan fingerprint density at radius 2 is 2.00 bits per heavy atom. The number of rotatable bonds is 4. The van der Waals surface area contributed by atoms with Gasteiger partial charge in [-0.3, -0.25) is 4.98 Å². The quantitative estimate of drug-likeness (QED) is 0.480. The van der Waals surface area contributed by atoms with E-state index in [1.165, 1.54) is 6.20 Å². The van der Waals surface area contributed by atoms with Crippen LogP contribution in [0.15, 0.2) is 24.5 Å². The summed E-state index contributed by atoms with van der Waals surface area (Å²) in [5, 5.41) is 0.0853. The number of hydrogen-bond donors (Lipinski definition) is 0. The molecule has 1 unspecified atom stereocenters. The summed E-state index contributed by atoms with van der Waals surface area (Å²) in [6, 6.07) is 3.38. The van der Waals surface area contributed by atoms with E-state index in [-0.39, 0.29) is 5.04 Å². The lowest BCUT2D eigenvalue weighted by Crippen LogP contribution is -2.44. The van der Waals surface area contributed by atoms with Crippen LogP contribution < -0.4 is 0 Å². The molecule has 1 aromatic heterocycles. The highest BCUT2D eigenvalue weighted by Gasteiger charge is 2.39. The van der Waals surface area contributed by atoms with Gasteiger partial charge < -0.3 is 9.16 Å². The molecule has 0 aromatic carbocycles. The van der Waals surface area contributed by atoms with Crippen molar-refractivity contribution < 1.29 is 14.0 Å². The third-order valence-electron chi connectivity index (χ3n) is 3.44. The first-order chi connectivity index (χ1) is 8.63. The summed E-state index contributed by atoms with van der Waals surface area (Å²) in [6.07, 6.45) is 2.56. The monoisotopic (exact) mass is 281 g/mol. The maximum Gasteiger partial charge on any atom is 0.341 e. The molecule has 0 bridgehead atoms. The van der Waals surface area contributed by atoms with Gasteiger partial charge in [-0.05, 0) is 37.2 Å². The van der Waals surface area contributed by atoms with Gasteiger partial charge in [-0.15, -0.1) is 0 Å². The van der Waals surface area contributed by atoms with Crippen molar-refractivity contribution >= 4 is 14.3 Å². The molecule has 1 atom stereocenters. The normalized spacial score (nSPS) is 14.0. The van der Waals surface area contributed by atoms with E-state index in [9.17, 15) is 4.79 Å². The van der Waals surface area contributed by atoms with E-state index < -0.39 is 20.6 Å². The molecule has 0 amide bonds. The van der Waals surface area contributed by atoms with Crippen molar-refractivity contribution in [1.82, 2.24) is 4.98 Å². The summed E-state index contributed by atoms with van der Waals surface area (Å²) in [5.41, 5.74) is 0.438. The predicted molar refractivity (Wildman–Crippen MR) is 77.4 cm³/mol. The van der Waals surface area contributed by atoms with Crippen LogP contribution in [0, 0.1) is 0 Å². The van der Waals surface area contributed by atoms with E-state index >= 15 is 0 Å². The Morgan fingerprint density at radius 3 is 2.47 bits per heavy atom. The van der Waals surface area contributed by atoms with Crippen LogP contribution >= 0.6 is 0 Å². The van der Waals surface area contributed by atoms with Crippen molar-refractivity contribution in [1.29, 1.82) is 0 Å². The van der Waals surface area contributed by atoms with E-state index in [1.807, 2.05) is 0 Å². The Morgan fingerprint density at radius 1 is 1.37 bits per heavy atom. The molecule has 0 aliphatic rings. The van der Waals surface area contributed by atoms with Gasteiger partial charge in [0, 0.05) is 12.4 Å². The second kappa shape index (κ2) is 5.84. The molecule has 5 heteroatoms. The second-order valence-electron chi connectivity index (χ2n) is 6.09.